The first-order chi connectivity index (χ1) is 7.94. The highest BCUT2D eigenvalue weighted by atomic mass is 35.7. The Labute approximate surface area is 108 Å². The Morgan fingerprint density at radius 1 is 1.24 bits per heavy atom. The molecule has 0 radical (unpaired) electrons. The third-order valence-corrected chi connectivity index (χ3v) is 3.29. The van der Waals surface area contributed by atoms with Gasteiger partial charge in [-0.15, -0.1) is 0 Å². The van der Waals surface area contributed by atoms with Crippen molar-refractivity contribution in [2.45, 2.75) is 5.75 Å². The van der Waals surface area contributed by atoms with Crippen LogP contribution in [-0.2, 0) is 14.8 Å². The van der Waals surface area contributed by atoms with Crippen LogP contribution in [0.5, 0.6) is 0 Å². The maximum Gasteiger partial charge on any atom is 0.236 e. The lowest BCUT2D eigenvalue weighted by Gasteiger charge is -2.02. The van der Waals surface area contributed by atoms with Gasteiger partial charge in [0.15, 0.2) is 0 Å². The predicted octanol–water partition coefficient (Wildman–Crippen LogP) is 2.59. The molecule has 2 aromatic rings. The zero-order valence-corrected chi connectivity index (χ0v) is 10.9. The molecule has 1 heterocycles. The van der Waals surface area contributed by atoms with Gasteiger partial charge in [0.2, 0.25) is 9.05 Å². The van der Waals surface area contributed by atoms with Crippen molar-refractivity contribution in [3.8, 4) is 5.69 Å². The SMILES string of the molecule is O=S(=O)(Cl)Cc1ccc(-n2cc(Cl)cn2)cc1. The lowest BCUT2D eigenvalue weighted by molar-refractivity contribution is 0.609. The minimum atomic E-state index is -3.52. The van der Waals surface area contributed by atoms with Crippen LogP contribution >= 0.6 is 22.3 Å². The van der Waals surface area contributed by atoms with E-state index in [0.717, 1.165) is 5.69 Å². The van der Waals surface area contributed by atoms with Gasteiger partial charge >= 0.3 is 0 Å². The van der Waals surface area contributed by atoms with Crippen molar-refractivity contribution in [1.29, 1.82) is 0 Å². The highest BCUT2D eigenvalue weighted by Crippen LogP contribution is 2.15. The van der Waals surface area contributed by atoms with Gasteiger partial charge in [0.05, 0.1) is 22.7 Å². The average Bonchev–Trinajstić information content (AvgIpc) is 2.63. The molecular weight excluding hydrogens is 283 g/mol. The molecule has 0 spiro atoms. The predicted molar refractivity (Wildman–Crippen MR) is 67.1 cm³/mol. The Morgan fingerprint density at radius 3 is 2.35 bits per heavy atom. The van der Waals surface area contributed by atoms with Crippen LogP contribution in [0.3, 0.4) is 0 Å². The van der Waals surface area contributed by atoms with Crippen LogP contribution < -0.4 is 0 Å². The van der Waals surface area contributed by atoms with Crippen molar-refractivity contribution in [2.75, 3.05) is 0 Å². The van der Waals surface area contributed by atoms with E-state index in [1.165, 1.54) is 6.20 Å². The quantitative estimate of drug-likeness (QED) is 0.817. The number of aromatic nitrogens is 2. The first-order valence-corrected chi connectivity index (χ1v) is 7.51. The van der Waals surface area contributed by atoms with E-state index in [2.05, 4.69) is 5.10 Å². The summed E-state index contributed by atoms with van der Waals surface area (Å²) in [6, 6.07) is 6.87. The second kappa shape index (κ2) is 4.68. The van der Waals surface area contributed by atoms with Gasteiger partial charge in [-0.1, -0.05) is 23.7 Å². The summed E-state index contributed by atoms with van der Waals surface area (Å²) in [6.07, 6.45) is 3.19. The molecule has 0 aliphatic carbocycles. The van der Waals surface area contributed by atoms with Gasteiger partial charge in [-0.3, -0.25) is 0 Å². The topological polar surface area (TPSA) is 52.0 Å². The summed E-state index contributed by atoms with van der Waals surface area (Å²) in [5.41, 5.74) is 1.43. The lowest BCUT2D eigenvalue weighted by atomic mass is 10.2. The smallest absolute Gasteiger partial charge is 0.236 e. The molecule has 1 aromatic heterocycles. The molecule has 4 nitrogen and oxygen atoms in total. The fraction of sp³-hybridized carbons (Fsp3) is 0.100. The average molecular weight is 291 g/mol. The number of nitrogens with zero attached hydrogens (tertiary/aromatic N) is 2. The minimum absolute atomic E-state index is 0.186. The molecule has 0 saturated heterocycles. The van der Waals surface area contributed by atoms with Crippen LogP contribution in [-0.4, -0.2) is 18.2 Å². The van der Waals surface area contributed by atoms with Crippen LogP contribution in [0.2, 0.25) is 5.02 Å². The van der Waals surface area contributed by atoms with Gasteiger partial charge in [-0.25, -0.2) is 13.1 Å². The van der Waals surface area contributed by atoms with E-state index >= 15 is 0 Å². The summed E-state index contributed by atoms with van der Waals surface area (Å²) in [6.45, 7) is 0. The highest BCUT2D eigenvalue weighted by Gasteiger charge is 2.07. The minimum Gasteiger partial charge on any atom is -0.239 e. The molecule has 2 rings (SSSR count). The van der Waals surface area contributed by atoms with Gasteiger partial charge < -0.3 is 0 Å². The molecule has 0 aliphatic rings. The molecule has 0 saturated carbocycles. The number of benzene rings is 1. The molecule has 1 aromatic carbocycles. The summed E-state index contributed by atoms with van der Waals surface area (Å²) in [7, 11) is 1.64. The van der Waals surface area contributed by atoms with Crippen molar-refractivity contribution < 1.29 is 8.42 Å². The largest absolute Gasteiger partial charge is 0.239 e. The third-order valence-electron chi connectivity index (χ3n) is 2.09. The second-order valence-corrected chi connectivity index (χ2v) is 6.67. The van der Waals surface area contributed by atoms with Crippen molar-refractivity contribution in [3.05, 3.63) is 47.2 Å². The standard InChI is InChI=1S/C10H8Cl2N2O2S/c11-9-5-13-14(6-9)10-3-1-8(2-4-10)7-17(12,15)16/h1-6H,7H2. The number of rotatable bonds is 3. The molecule has 7 heteroatoms. The van der Waals surface area contributed by atoms with Crippen molar-refractivity contribution in [1.82, 2.24) is 9.78 Å². The molecular formula is C10H8Cl2N2O2S. The van der Waals surface area contributed by atoms with Crippen molar-refractivity contribution >= 4 is 31.3 Å². The summed E-state index contributed by atoms with van der Waals surface area (Å²) < 4.78 is 23.4. The molecule has 0 bridgehead atoms. The zero-order valence-electron chi connectivity index (χ0n) is 8.55. The molecule has 0 aliphatic heterocycles. The van der Waals surface area contributed by atoms with Gasteiger partial charge in [-0.05, 0) is 17.7 Å². The Balaban J connectivity index is 2.24. The van der Waals surface area contributed by atoms with E-state index in [1.54, 1.807) is 35.1 Å². The zero-order chi connectivity index (χ0) is 12.5. The van der Waals surface area contributed by atoms with Crippen LogP contribution in [0.25, 0.3) is 5.69 Å². The number of halogens is 2. The van der Waals surface area contributed by atoms with Crippen LogP contribution in [0.15, 0.2) is 36.7 Å². The maximum absolute atomic E-state index is 10.9. The molecule has 90 valence electrons. The Hall–Kier alpha value is -1.04. The van der Waals surface area contributed by atoms with Crippen LogP contribution in [0, 0.1) is 0 Å². The molecule has 0 atom stereocenters. The molecule has 0 unspecified atom stereocenters. The second-order valence-electron chi connectivity index (χ2n) is 3.45. The molecule has 0 fully saturated rings. The third kappa shape index (κ3) is 3.46. The van der Waals surface area contributed by atoms with E-state index < -0.39 is 9.05 Å². The highest BCUT2D eigenvalue weighted by molar-refractivity contribution is 8.13. The van der Waals surface area contributed by atoms with Crippen LogP contribution in [0.1, 0.15) is 5.56 Å². The first-order valence-electron chi connectivity index (χ1n) is 4.66. The lowest BCUT2D eigenvalue weighted by Crippen LogP contribution is -1.97. The van der Waals surface area contributed by atoms with E-state index in [-0.39, 0.29) is 5.75 Å². The molecule has 17 heavy (non-hydrogen) atoms. The fourth-order valence-corrected chi connectivity index (χ4v) is 2.49. The number of hydrogen-bond donors (Lipinski definition) is 0. The van der Waals surface area contributed by atoms with Crippen LogP contribution in [0.4, 0.5) is 0 Å². The Morgan fingerprint density at radius 2 is 1.88 bits per heavy atom. The number of hydrogen-bond acceptors (Lipinski definition) is 3. The molecule has 0 amide bonds. The van der Waals surface area contributed by atoms with Gasteiger partial charge in [0.1, 0.15) is 0 Å². The summed E-state index contributed by atoms with van der Waals surface area (Å²) >= 11 is 5.75. The van der Waals surface area contributed by atoms with Gasteiger partial charge in [-0.2, -0.15) is 5.10 Å². The first kappa shape index (κ1) is 12.4. The Bertz CT molecular complexity index is 620. The summed E-state index contributed by atoms with van der Waals surface area (Å²) in [5, 5.41) is 4.57. The fourth-order valence-electron chi connectivity index (χ4n) is 1.39. The monoisotopic (exact) mass is 290 g/mol. The van der Waals surface area contributed by atoms with E-state index in [9.17, 15) is 8.42 Å². The van der Waals surface area contributed by atoms with Crippen molar-refractivity contribution in [3.63, 3.8) is 0 Å². The summed E-state index contributed by atoms with van der Waals surface area (Å²) in [5.74, 6) is -0.186. The Kier molecular flexibility index (Phi) is 3.42. The van der Waals surface area contributed by atoms with E-state index in [0.29, 0.717) is 10.6 Å². The van der Waals surface area contributed by atoms with E-state index in [1.807, 2.05) is 0 Å². The summed E-state index contributed by atoms with van der Waals surface area (Å²) in [4.78, 5) is 0. The normalized spacial score (nSPS) is 11.6. The molecule has 0 N–H and O–H groups in total. The maximum atomic E-state index is 10.9. The van der Waals surface area contributed by atoms with E-state index in [4.69, 9.17) is 22.3 Å². The van der Waals surface area contributed by atoms with Crippen molar-refractivity contribution in [2.24, 2.45) is 0 Å². The van der Waals surface area contributed by atoms with Gasteiger partial charge in [0.25, 0.3) is 0 Å². The van der Waals surface area contributed by atoms with Gasteiger partial charge in [0, 0.05) is 16.9 Å².